The number of nitrogens with zero attached hydrogens (tertiary/aromatic N) is 1. The van der Waals surface area contributed by atoms with E-state index >= 15 is 0 Å². The van der Waals surface area contributed by atoms with E-state index in [9.17, 15) is 4.79 Å². The standard InChI is InChI=1S/C9H10N2O2/c1-6-4-7(2-3-11-6)5-8(10)9(12)13/h2-5H,10H2,1H3,(H,12,13)/b8-5+. The van der Waals surface area contributed by atoms with Gasteiger partial charge in [-0.15, -0.1) is 0 Å². The van der Waals surface area contributed by atoms with Crippen molar-refractivity contribution in [2.24, 2.45) is 5.73 Å². The molecule has 4 nitrogen and oxygen atoms in total. The van der Waals surface area contributed by atoms with E-state index in [1.54, 1.807) is 18.3 Å². The van der Waals surface area contributed by atoms with Crippen molar-refractivity contribution in [3.8, 4) is 0 Å². The zero-order valence-corrected chi connectivity index (χ0v) is 7.19. The van der Waals surface area contributed by atoms with Crippen LogP contribution in [0.15, 0.2) is 24.0 Å². The molecule has 1 heterocycles. The highest BCUT2D eigenvalue weighted by molar-refractivity contribution is 5.90. The van der Waals surface area contributed by atoms with Crippen LogP contribution in [0, 0.1) is 6.92 Å². The predicted molar refractivity (Wildman–Crippen MR) is 48.8 cm³/mol. The van der Waals surface area contributed by atoms with E-state index in [4.69, 9.17) is 10.8 Å². The minimum atomic E-state index is -1.12. The Hall–Kier alpha value is -1.84. The summed E-state index contributed by atoms with van der Waals surface area (Å²) in [6.07, 6.45) is 3.01. The normalized spacial score (nSPS) is 11.3. The number of hydrogen-bond acceptors (Lipinski definition) is 3. The molecule has 13 heavy (non-hydrogen) atoms. The lowest BCUT2D eigenvalue weighted by molar-refractivity contribution is -0.132. The molecule has 0 amide bonds. The lowest BCUT2D eigenvalue weighted by atomic mass is 10.2. The van der Waals surface area contributed by atoms with Crippen molar-refractivity contribution in [2.45, 2.75) is 6.92 Å². The summed E-state index contributed by atoms with van der Waals surface area (Å²) in [5.41, 5.74) is 6.63. The number of pyridine rings is 1. The van der Waals surface area contributed by atoms with E-state index in [1.165, 1.54) is 6.08 Å². The Kier molecular flexibility index (Phi) is 2.64. The second-order valence-electron chi connectivity index (χ2n) is 2.64. The van der Waals surface area contributed by atoms with Crippen LogP contribution in [0.1, 0.15) is 11.3 Å². The summed E-state index contributed by atoms with van der Waals surface area (Å²) in [4.78, 5) is 14.4. The number of carbonyl (C=O) groups is 1. The van der Waals surface area contributed by atoms with E-state index in [1.807, 2.05) is 6.92 Å². The third kappa shape index (κ3) is 2.59. The third-order valence-corrected chi connectivity index (χ3v) is 1.49. The van der Waals surface area contributed by atoms with Crippen molar-refractivity contribution in [3.05, 3.63) is 35.3 Å². The number of nitrogens with two attached hydrogens (primary N) is 1. The molecule has 1 rings (SSSR count). The number of carboxylic acids is 1. The molecule has 1 aromatic heterocycles. The van der Waals surface area contributed by atoms with Gasteiger partial charge in [0.2, 0.25) is 0 Å². The van der Waals surface area contributed by atoms with Gasteiger partial charge in [-0.3, -0.25) is 4.98 Å². The fraction of sp³-hybridized carbons (Fsp3) is 0.111. The van der Waals surface area contributed by atoms with Crippen molar-refractivity contribution in [1.82, 2.24) is 4.98 Å². The Morgan fingerprint density at radius 1 is 1.69 bits per heavy atom. The van der Waals surface area contributed by atoms with Crippen LogP contribution in [0.25, 0.3) is 6.08 Å². The van der Waals surface area contributed by atoms with Crippen molar-refractivity contribution in [3.63, 3.8) is 0 Å². The van der Waals surface area contributed by atoms with Gasteiger partial charge in [-0.1, -0.05) is 0 Å². The highest BCUT2D eigenvalue weighted by Crippen LogP contribution is 2.04. The lowest BCUT2D eigenvalue weighted by Crippen LogP contribution is -2.09. The summed E-state index contributed by atoms with van der Waals surface area (Å²) >= 11 is 0. The van der Waals surface area contributed by atoms with E-state index in [-0.39, 0.29) is 5.70 Å². The van der Waals surface area contributed by atoms with Gasteiger partial charge in [0.1, 0.15) is 5.70 Å². The number of aryl methyl sites for hydroxylation is 1. The number of hydrogen-bond donors (Lipinski definition) is 2. The monoisotopic (exact) mass is 178 g/mol. The Bertz CT molecular complexity index is 358. The largest absolute Gasteiger partial charge is 0.477 e. The van der Waals surface area contributed by atoms with E-state index in [2.05, 4.69) is 4.98 Å². The maximum atomic E-state index is 10.4. The molecule has 0 saturated carbocycles. The molecule has 0 aliphatic rings. The molecular formula is C9H10N2O2. The summed E-state index contributed by atoms with van der Waals surface area (Å²) in [6, 6.07) is 3.46. The molecule has 68 valence electrons. The van der Waals surface area contributed by atoms with Crippen LogP contribution in [0.2, 0.25) is 0 Å². The van der Waals surface area contributed by atoms with E-state index in [0.717, 1.165) is 11.3 Å². The molecule has 0 bridgehead atoms. The van der Waals surface area contributed by atoms with Crippen LogP contribution in [0.4, 0.5) is 0 Å². The van der Waals surface area contributed by atoms with Crippen LogP contribution >= 0.6 is 0 Å². The van der Waals surface area contributed by atoms with E-state index in [0.29, 0.717) is 0 Å². The van der Waals surface area contributed by atoms with Crippen molar-refractivity contribution in [2.75, 3.05) is 0 Å². The minimum Gasteiger partial charge on any atom is -0.477 e. The molecule has 0 aromatic carbocycles. The van der Waals surface area contributed by atoms with Gasteiger partial charge >= 0.3 is 5.97 Å². The minimum absolute atomic E-state index is 0.175. The Balaban J connectivity index is 2.97. The SMILES string of the molecule is Cc1cc(/C=C(/N)C(=O)O)ccn1. The first kappa shape index (κ1) is 9.25. The molecule has 1 aromatic rings. The molecule has 3 N–H and O–H groups in total. The zero-order valence-electron chi connectivity index (χ0n) is 7.19. The maximum absolute atomic E-state index is 10.4. The van der Waals surface area contributed by atoms with Crippen molar-refractivity contribution in [1.29, 1.82) is 0 Å². The summed E-state index contributed by atoms with van der Waals surface area (Å²) in [7, 11) is 0. The van der Waals surface area contributed by atoms with Gasteiger partial charge in [-0.2, -0.15) is 0 Å². The summed E-state index contributed by atoms with van der Waals surface area (Å²) in [6.45, 7) is 1.83. The summed E-state index contributed by atoms with van der Waals surface area (Å²) in [5.74, 6) is -1.12. The van der Waals surface area contributed by atoms with Crippen LogP contribution in [0.5, 0.6) is 0 Å². The first-order valence-corrected chi connectivity index (χ1v) is 3.72. The Morgan fingerprint density at radius 3 is 2.92 bits per heavy atom. The Labute approximate surface area is 75.7 Å². The fourth-order valence-corrected chi connectivity index (χ4v) is 0.899. The first-order valence-electron chi connectivity index (χ1n) is 3.72. The number of rotatable bonds is 2. The molecule has 0 unspecified atom stereocenters. The average molecular weight is 178 g/mol. The fourth-order valence-electron chi connectivity index (χ4n) is 0.899. The van der Waals surface area contributed by atoms with Crippen LogP contribution in [0.3, 0.4) is 0 Å². The predicted octanol–water partition coefficient (Wildman–Crippen LogP) is 0.774. The first-order chi connectivity index (χ1) is 6.09. The molecule has 4 heteroatoms. The molecule has 0 fully saturated rings. The molecule has 0 radical (unpaired) electrons. The number of aliphatic carboxylic acids is 1. The third-order valence-electron chi connectivity index (χ3n) is 1.49. The number of carboxylic acid groups (broad SMARTS) is 1. The van der Waals surface area contributed by atoms with Gasteiger partial charge in [0.05, 0.1) is 0 Å². The second-order valence-corrected chi connectivity index (χ2v) is 2.64. The van der Waals surface area contributed by atoms with E-state index < -0.39 is 5.97 Å². The molecule has 0 saturated heterocycles. The molecular weight excluding hydrogens is 168 g/mol. The maximum Gasteiger partial charge on any atom is 0.351 e. The van der Waals surface area contributed by atoms with Gasteiger partial charge in [-0.25, -0.2) is 4.79 Å². The van der Waals surface area contributed by atoms with Crippen LogP contribution in [-0.2, 0) is 4.79 Å². The highest BCUT2D eigenvalue weighted by atomic mass is 16.4. The van der Waals surface area contributed by atoms with Crippen LogP contribution < -0.4 is 5.73 Å². The zero-order chi connectivity index (χ0) is 9.84. The van der Waals surface area contributed by atoms with Crippen molar-refractivity contribution >= 4 is 12.0 Å². The molecule has 0 spiro atoms. The van der Waals surface area contributed by atoms with Gasteiger partial charge < -0.3 is 10.8 Å². The average Bonchev–Trinajstić information content (AvgIpc) is 2.04. The molecule has 0 atom stereocenters. The smallest absolute Gasteiger partial charge is 0.351 e. The van der Waals surface area contributed by atoms with Gasteiger partial charge in [0, 0.05) is 11.9 Å². The Morgan fingerprint density at radius 2 is 2.38 bits per heavy atom. The second kappa shape index (κ2) is 3.71. The molecule has 0 aliphatic heterocycles. The lowest BCUT2D eigenvalue weighted by Gasteiger charge is -1.96. The molecule has 0 aliphatic carbocycles. The van der Waals surface area contributed by atoms with Gasteiger partial charge in [-0.05, 0) is 30.7 Å². The van der Waals surface area contributed by atoms with Gasteiger partial charge in [0.25, 0.3) is 0 Å². The topological polar surface area (TPSA) is 76.2 Å². The van der Waals surface area contributed by atoms with Crippen molar-refractivity contribution < 1.29 is 9.90 Å². The van der Waals surface area contributed by atoms with Crippen LogP contribution in [-0.4, -0.2) is 16.1 Å². The number of aromatic nitrogens is 1. The van der Waals surface area contributed by atoms with Gasteiger partial charge in [0.15, 0.2) is 0 Å². The summed E-state index contributed by atoms with van der Waals surface area (Å²) < 4.78 is 0. The highest BCUT2D eigenvalue weighted by Gasteiger charge is 2.00. The summed E-state index contributed by atoms with van der Waals surface area (Å²) in [5, 5.41) is 8.50. The quantitative estimate of drug-likeness (QED) is 0.656.